The van der Waals surface area contributed by atoms with Gasteiger partial charge in [-0.2, -0.15) is 0 Å². The second kappa shape index (κ2) is 16.9. The van der Waals surface area contributed by atoms with Crippen LogP contribution >= 0.6 is 0 Å². The SMILES string of the molecule is N=C1C=CC=CC1[O-].N=C1C=CC=CC1[O-].N=C1C=CC=CC1[O-].N=C1C=CC=CC1[O-].[Zr+4]. The molecule has 8 nitrogen and oxygen atoms in total. The van der Waals surface area contributed by atoms with Crippen LogP contribution in [0.15, 0.2) is 97.2 Å². The molecular weight excluding hydrogens is 500 g/mol. The van der Waals surface area contributed by atoms with E-state index in [1.54, 1.807) is 48.6 Å². The topological polar surface area (TPSA) is 188 Å². The van der Waals surface area contributed by atoms with Gasteiger partial charge in [-0.3, -0.25) is 0 Å². The van der Waals surface area contributed by atoms with Gasteiger partial charge >= 0.3 is 26.2 Å². The molecule has 0 amide bonds. The van der Waals surface area contributed by atoms with Crippen LogP contribution in [0.4, 0.5) is 0 Å². The monoisotopic (exact) mass is 522 g/mol. The molecule has 4 rings (SSSR count). The largest absolute Gasteiger partial charge is 4.00 e. The first-order valence-electron chi connectivity index (χ1n) is 9.59. The zero-order chi connectivity index (χ0) is 23.9. The summed E-state index contributed by atoms with van der Waals surface area (Å²) in [6.45, 7) is 0. The molecular formula is C24H24N4O4Zr. The molecule has 0 aromatic rings. The molecule has 0 saturated heterocycles. The molecule has 4 aliphatic rings. The summed E-state index contributed by atoms with van der Waals surface area (Å²) in [5.74, 6) is 0. The summed E-state index contributed by atoms with van der Waals surface area (Å²) >= 11 is 0. The Labute approximate surface area is 212 Å². The minimum Gasteiger partial charge on any atom is -0.844 e. The van der Waals surface area contributed by atoms with Gasteiger partial charge in [0.2, 0.25) is 0 Å². The maximum Gasteiger partial charge on any atom is 4.00 e. The first-order valence-corrected chi connectivity index (χ1v) is 9.59. The van der Waals surface area contributed by atoms with Crippen LogP contribution < -0.4 is 20.4 Å². The van der Waals surface area contributed by atoms with E-state index in [0.717, 1.165) is 0 Å². The van der Waals surface area contributed by atoms with Gasteiger partial charge in [0.25, 0.3) is 0 Å². The third kappa shape index (κ3) is 12.8. The summed E-state index contributed by atoms with van der Waals surface area (Å²) in [4.78, 5) is 0. The van der Waals surface area contributed by atoms with Gasteiger partial charge < -0.3 is 42.1 Å². The summed E-state index contributed by atoms with van der Waals surface area (Å²) in [6.07, 6.45) is 21.6. The van der Waals surface area contributed by atoms with Crippen LogP contribution in [0, 0.1) is 21.6 Å². The molecule has 168 valence electrons. The van der Waals surface area contributed by atoms with Crippen LogP contribution in [-0.2, 0) is 26.2 Å². The Balaban J connectivity index is 0.000000410. The Morgan fingerprint density at radius 1 is 0.394 bits per heavy atom. The van der Waals surface area contributed by atoms with Crippen molar-refractivity contribution in [1.82, 2.24) is 0 Å². The van der Waals surface area contributed by atoms with E-state index in [0.29, 0.717) is 0 Å². The predicted octanol–water partition coefficient (Wildman–Crippen LogP) is -0.558. The Bertz CT molecular complexity index is 790. The van der Waals surface area contributed by atoms with E-state index in [9.17, 15) is 20.4 Å². The van der Waals surface area contributed by atoms with E-state index in [1.807, 2.05) is 0 Å². The molecule has 4 aliphatic carbocycles. The summed E-state index contributed by atoms with van der Waals surface area (Å²) in [7, 11) is 0. The zero-order valence-electron chi connectivity index (χ0n) is 17.7. The van der Waals surface area contributed by atoms with Gasteiger partial charge in [0.05, 0.1) is 0 Å². The Hall–Kier alpha value is -2.68. The molecule has 0 saturated carbocycles. The molecule has 4 atom stereocenters. The van der Waals surface area contributed by atoms with E-state index in [-0.39, 0.29) is 49.1 Å². The minimum atomic E-state index is -0.931. The van der Waals surface area contributed by atoms with Crippen molar-refractivity contribution in [3.63, 3.8) is 0 Å². The molecule has 4 unspecified atom stereocenters. The number of nitrogens with one attached hydrogen (secondary N) is 4. The summed E-state index contributed by atoms with van der Waals surface area (Å²) < 4.78 is 0. The molecule has 0 aromatic heterocycles. The third-order valence-corrected chi connectivity index (χ3v) is 3.92. The van der Waals surface area contributed by atoms with Crippen LogP contribution in [0.2, 0.25) is 0 Å². The fourth-order valence-electron chi connectivity index (χ4n) is 2.09. The second-order valence-corrected chi connectivity index (χ2v) is 6.48. The van der Waals surface area contributed by atoms with Gasteiger partial charge in [-0.15, -0.1) is 0 Å². The van der Waals surface area contributed by atoms with Crippen LogP contribution in [0.3, 0.4) is 0 Å². The van der Waals surface area contributed by atoms with Crippen molar-refractivity contribution in [2.24, 2.45) is 0 Å². The molecule has 0 spiro atoms. The van der Waals surface area contributed by atoms with E-state index in [2.05, 4.69) is 0 Å². The summed E-state index contributed by atoms with van der Waals surface area (Å²) in [6, 6.07) is 0. The standard InChI is InChI=1S/4C6H6NO.Zr/c4*7-5-3-1-2-4-6(5)8;/h4*1-4,6-7H;/q4*-1;+4. The van der Waals surface area contributed by atoms with Crippen LogP contribution in [0.25, 0.3) is 0 Å². The Morgan fingerprint density at radius 2 is 0.576 bits per heavy atom. The molecule has 0 aliphatic heterocycles. The number of hydrogen-bond acceptors (Lipinski definition) is 8. The maximum atomic E-state index is 10.5. The number of allylic oxidation sites excluding steroid dienone is 8. The van der Waals surface area contributed by atoms with Gasteiger partial charge in [-0.25, -0.2) is 0 Å². The molecule has 0 bridgehead atoms. The predicted molar refractivity (Wildman–Crippen MR) is 119 cm³/mol. The van der Waals surface area contributed by atoms with E-state index in [4.69, 9.17) is 21.6 Å². The van der Waals surface area contributed by atoms with Crippen LogP contribution in [-0.4, -0.2) is 47.3 Å². The molecule has 0 fully saturated rings. The zero-order valence-corrected chi connectivity index (χ0v) is 20.1. The van der Waals surface area contributed by atoms with Gasteiger partial charge in [-0.1, -0.05) is 97.3 Å². The fourth-order valence-corrected chi connectivity index (χ4v) is 2.09. The number of hydrogen-bond donors (Lipinski definition) is 4. The third-order valence-electron chi connectivity index (χ3n) is 3.92. The van der Waals surface area contributed by atoms with E-state index < -0.39 is 24.4 Å². The first-order chi connectivity index (χ1) is 15.2. The van der Waals surface area contributed by atoms with Crippen LogP contribution in [0.5, 0.6) is 0 Å². The average Bonchev–Trinajstić information content (AvgIpc) is 2.78. The molecule has 4 N–H and O–H groups in total. The van der Waals surface area contributed by atoms with Crippen molar-refractivity contribution in [1.29, 1.82) is 21.6 Å². The summed E-state index contributed by atoms with van der Waals surface area (Å²) in [5.41, 5.74) is 0.583. The number of rotatable bonds is 0. The van der Waals surface area contributed by atoms with E-state index in [1.165, 1.54) is 48.6 Å². The quantitative estimate of drug-likeness (QED) is 0.331. The van der Waals surface area contributed by atoms with Gasteiger partial charge in [0, 0.05) is 22.8 Å². The smallest absolute Gasteiger partial charge is 0.844 e. The van der Waals surface area contributed by atoms with Gasteiger partial charge in [0.1, 0.15) is 0 Å². The summed E-state index contributed by atoms with van der Waals surface area (Å²) in [5, 5.41) is 69.8. The normalized spacial score (nSPS) is 25.8. The Morgan fingerprint density at radius 3 is 0.667 bits per heavy atom. The Kier molecular flexibility index (Phi) is 15.5. The van der Waals surface area contributed by atoms with Gasteiger partial charge in [0.15, 0.2) is 0 Å². The maximum absolute atomic E-state index is 10.5. The molecule has 9 heteroatoms. The van der Waals surface area contributed by atoms with Crippen molar-refractivity contribution in [3.8, 4) is 0 Å². The second-order valence-electron chi connectivity index (χ2n) is 6.48. The van der Waals surface area contributed by atoms with Crippen molar-refractivity contribution in [2.45, 2.75) is 24.4 Å². The molecule has 0 radical (unpaired) electrons. The first kappa shape index (κ1) is 30.3. The fraction of sp³-hybridized carbons (Fsp3) is 0.167. The van der Waals surface area contributed by atoms with Crippen molar-refractivity contribution in [2.75, 3.05) is 0 Å². The molecule has 0 heterocycles. The van der Waals surface area contributed by atoms with Gasteiger partial charge in [-0.05, 0) is 24.3 Å². The molecule has 0 aromatic carbocycles. The van der Waals surface area contributed by atoms with Crippen LogP contribution in [0.1, 0.15) is 0 Å². The van der Waals surface area contributed by atoms with Crippen molar-refractivity contribution < 1.29 is 46.6 Å². The van der Waals surface area contributed by atoms with Crippen molar-refractivity contribution in [3.05, 3.63) is 97.2 Å². The average molecular weight is 524 g/mol. The van der Waals surface area contributed by atoms with E-state index >= 15 is 0 Å². The minimum absolute atomic E-state index is 0. The van der Waals surface area contributed by atoms with Crippen molar-refractivity contribution >= 4 is 22.8 Å². The molecule has 33 heavy (non-hydrogen) atoms.